The number of nitrogens with zero attached hydrogens (tertiary/aromatic N) is 1. The van der Waals surface area contributed by atoms with E-state index in [9.17, 15) is 54.6 Å². The fraction of sp³-hybridized carbons (Fsp3) is 0.844. The molecule has 2 aliphatic rings. The van der Waals surface area contributed by atoms with Gasteiger partial charge >= 0.3 is 0 Å². The number of hydrogen-bond acceptors (Lipinski definition) is 16. The summed E-state index contributed by atoms with van der Waals surface area (Å²) in [6.07, 6.45) is -11.8. The number of likely N-dealkylation sites (N-methyl/N-ethyl adjacent to an activating group) is 1. The number of hydrogen-bond donors (Lipinski definition) is 10. The van der Waals surface area contributed by atoms with Crippen LogP contribution in [0.2, 0.25) is 0 Å². The third-order valence-electron chi connectivity index (χ3n) is 8.50. The van der Waals surface area contributed by atoms with Gasteiger partial charge in [0.2, 0.25) is 23.6 Å². The molecule has 2 fully saturated rings. The minimum atomic E-state index is -1.49. The van der Waals surface area contributed by atoms with Gasteiger partial charge in [-0.15, -0.1) is 0 Å². The second kappa shape index (κ2) is 23.7. The van der Waals surface area contributed by atoms with E-state index in [2.05, 4.69) is 21.3 Å². The van der Waals surface area contributed by atoms with Crippen molar-refractivity contribution in [2.45, 2.75) is 114 Å². The van der Waals surface area contributed by atoms with Gasteiger partial charge in [0, 0.05) is 51.9 Å². The Labute approximate surface area is 302 Å². The van der Waals surface area contributed by atoms with E-state index in [1.807, 2.05) is 0 Å². The predicted molar refractivity (Wildman–Crippen MR) is 179 cm³/mol. The maximum Gasteiger partial charge on any atom is 0.222 e. The molecule has 4 amide bonds. The van der Waals surface area contributed by atoms with Crippen molar-refractivity contribution in [2.75, 3.05) is 59.5 Å². The second-order valence-corrected chi connectivity index (χ2v) is 12.7. The van der Waals surface area contributed by atoms with Gasteiger partial charge in [-0.25, -0.2) is 0 Å². The summed E-state index contributed by atoms with van der Waals surface area (Å²) in [7, 11) is 1.62. The number of ether oxygens (including phenoxy) is 4. The molecule has 0 spiro atoms. The average Bonchev–Trinajstić information content (AvgIpc) is 3.11. The van der Waals surface area contributed by atoms with Crippen molar-refractivity contribution in [2.24, 2.45) is 0 Å². The highest BCUT2D eigenvalue weighted by atomic mass is 16.7. The molecule has 2 aliphatic heterocycles. The van der Waals surface area contributed by atoms with E-state index in [-0.39, 0.29) is 95.8 Å². The highest BCUT2D eigenvalue weighted by molar-refractivity contribution is 5.87. The summed E-state index contributed by atoms with van der Waals surface area (Å²) in [6, 6.07) is 0. The third kappa shape index (κ3) is 15.6. The zero-order valence-electron chi connectivity index (χ0n) is 30.0. The molecule has 2 rings (SSSR count). The van der Waals surface area contributed by atoms with Crippen molar-refractivity contribution in [1.29, 1.82) is 0 Å². The number of carbonyl (C=O) groups is 5. The van der Waals surface area contributed by atoms with Crippen LogP contribution in [0.1, 0.15) is 52.4 Å². The van der Waals surface area contributed by atoms with Gasteiger partial charge in [-0.05, 0) is 33.7 Å². The molecule has 0 aromatic carbocycles. The van der Waals surface area contributed by atoms with Crippen LogP contribution in [0.4, 0.5) is 0 Å². The summed E-state index contributed by atoms with van der Waals surface area (Å²) in [5.41, 5.74) is 0. The van der Waals surface area contributed by atoms with E-state index >= 15 is 0 Å². The van der Waals surface area contributed by atoms with Gasteiger partial charge in [0.15, 0.2) is 18.4 Å². The van der Waals surface area contributed by atoms with Gasteiger partial charge in [0.05, 0.1) is 38.5 Å². The number of carbonyl (C=O) groups excluding carboxylic acids is 5. The average molecular weight is 752 g/mol. The van der Waals surface area contributed by atoms with Crippen molar-refractivity contribution in [3.63, 3.8) is 0 Å². The van der Waals surface area contributed by atoms with E-state index in [0.717, 1.165) is 0 Å². The van der Waals surface area contributed by atoms with E-state index in [1.165, 1.54) is 18.7 Å². The lowest BCUT2D eigenvalue weighted by atomic mass is 10.0. The number of unbranched alkanes of at least 4 members (excludes halogenated alkanes) is 1. The van der Waals surface area contributed by atoms with Crippen LogP contribution in [-0.2, 0) is 42.9 Å². The Morgan fingerprint density at radius 2 is 1.04 bits per heavy atom. The first kappa shape index (κ1) is 45.3. The molecule has 0 aromatic rings. The zero-order chi connectivity index (χ0) is 38.8. The largest absolute Gasteiger partial charge is 0.388 e. The maximum absolute atomic E-state index is 13.1. The number of Topliss-reactive ketones (excluding diaryl/α,β-unsaturated/α-hetero) is 1. The van der Waals surface area contributed by atoms with Gasteiger partial charge in [-0.1, -0.05) is 0 Å². The summed E-state index contributed by atoms with van der Waals surface area (Å²) in [4.78, 5) is 63.2. The monoisotopic (exact) mass is 751 g/mol. The number of aliphatic hydroxyl groups is 6. The first-order valence-electron chi connectivity index (χ1n) is 17.5. The third-order valence-corrected chi connectivity index (χ3v) is 8.50. The van der Waals surface area contributed by atoms with Crippen molar-refractivity contribution >= 4 is 29.4 Å². The number of ketones is 1. The maximum atomic E-state index is 13.1. The Kier molecular flexibility index (Phi) is 20.6. The fourth-order valence-corrected chi connectivity index (χ4v) is 5.31. The summed E-state index contributed by atoms with van der Waals surface area (Å²) >= 11 is 0. The Morgan fingerprint density at radius 3 is 1.50 bits per heavy atom. The van der Waals surface area contributed by atoms with Crippen LogP contribution in [-0.4, -0.2) is 186 Å². The Hall–Kier alpha value is -2.89. The molecule has 10 N–H and O–H groups in total. The molecule has 2 heterocycles. The summed E-state index contributed by atoms with van der Waals surface area (Å²) in [5.74, 6) is -1.69. The Morgan fingerprint density at radius 1 is 0.596 bits per heavy atom. The molecule has 0 radical (unpaired) electrons. The highest BCUT2D eigenvalue weighted by Gasteiger charge is 2.43. The standard InChI is InChI=1S/C32H57N5O15/c1-18-25(43)27(45)29(47)31(51-18)49-14-10-34-22(40)8-12-37(24(42)7-5-4-6-21(39)36-17-20(38)16-33-3)13-9-23(41)35-11-15-50-32-30(48)28(46)26(44)19(2)52-32/h18-19,25-33,43-48H,4-17H2,1-3H3,(H,34,40)(H,35,41)(H,36,39)/t18-,19-,25+,26+,27+,28+,29-,30-,31+,32+/m0/s1. The zero-order valence-corrected chi connectivity index (χ0v) is 30.0. The van der Waals surface area contributed by atoms with Crippen LogP contribution in [0.15, 0.2) is 0 Å². The van der Waals surface area contributed by atoms with Crippen LogP contribution in [0.3, 0.4) is 0 Å². The van der Waals surface area contributed by atoms with Crippen LogP contribution >= 0.6 is 0 Å². The molecule has 52 heavy (non-hydrogen) atoms. The Bertz CT molecular complexity index is 1080. The van der Waals surface area contributed by atoms with E-state index in [4.69, 9.17) is 18.9 Å². The number of amides is 4. The highest BCUT2D eigenvalue weighted by Crippen LogP contribution is 2.22. The molecule has 300 valence electrons. The molecule has 10 atom stereocenters. The molecule has 0 saturated carbocycles. The van der Waals surface area contributed by atoms with Gasteiger partial charge in [-0.2, -0.15) is 0 Å². The van der Waals surface area contributed by atoms with E-state index in [0.29, 0.717) is 12.8 Å². The molecular formula is C32H57N5O15. The lowest BCUT2D eigenvalue weighted by Gasteiger charge is -2.38. The quantitative estimate of drug-likeness (QED) is 0.0437. The molecule has 0 aliphatic carbocycles. The lowest BCUT2D eigenvalue weighted by Crippen LogP contribution is -2.57. The van der Waals surface area contributed by atoms with Crippen molar-refractivity contribution < 1.29 is 73.6 Å². The van der Waals surface area contributed by atoms with Crippen LogP contribution in [0.5, 0.6) is 0 Å². The van der Waals surface area contributed by atoms with Gasteiger partial charge < -0.3 is 75.8 Å². The smallest absolute Gasteiger partial charge is 0.222 e. The molecule has 20 heteroatoms. The first-order valence-corrected chi connectivity index (χ1v) is 17.5. The van der Waals surface area contributed by atoms with Crippen LogP contribution in [0, 0.1) is 0 Å². The minimum Gasteiger partial charge on any atom is -0.388 e. The predicted octanol–water partition coefficient (Wildman–Crippen LogP) is -5.02. The second-order valence-electron chi connectivity index (χ2n) is 12.7. The van der Waals surface area contributed by atoms with Crippen molar-refractivity contribution in [3.05, 3.63) is 0 Å². The summed E-state index contributed by atoms with van der Waals surface area (Å²) in [6.45, 7) is 2.87. The summed E-state index contributed by atoms with van der Waals surface area (Å²) < 4.78 is 21.5. The number of nitrogens with one attached hydrogen (secondary N) is 4. The molecule has 2 saturated heterocycles. The molecule has 0 aromatic heterocycles. The topological polar surface area (TPSA) is 295 Å². The van der Waals surface area contributed by atoms with Gasteiger partial charge in [0.25, 0.3) is 0 Å². The van der Waals surface area contributed by atoms with Crippen LogP contribution in [0.25, 0.3) is 0 Å². The molecule has 20 nitrogen and oxygen atoms in total. The fourth-order valence-electron chi connectivity index (χ4n) is 5.31. The number of rotatable bonds is 23. The van der Waals surface area contributed by atoms with Gasteiger partial charge in [-0.3, -0.25) is 24.0 Å². The molecule has 0 bridgehead atoms. The number of aliphatic hydroxyl groups excluding tert-OH is 6. The van der Waals surface area contributed by atoms with E-state index < -0.39 is 73.2 Å². The first-order chi connectivity index (χ1) is 24.7. The normalized spacial score (nSPS) is 28.9. The summed E-state index contributed by atoms with van der Waals surface area (Å²) in [5, 5.41) is 70.0. The molecule has 0 unspecified atom stereocenters. The van der Waals surface area contributed by atoms with Gasteiger partial charge in [0.1, 0.15) is 36.6 Å². The Balaban J connectivity index is 1.80. The van der Waals surface area contributed by atoms with E-state index in [1.54, 1.807) is 7.05 Å². The SMILES string of the molecule is CNCC(=O)CNC(=O)CCCCC(=O)N(CCC(=O)NCCO[C@@H]1O[C@@H](C)[C@@H](O)[C@@H](O)[C@@H]1O)CCC(=O)NCCO[C@@H]1O[C@@H](C)[C@@H](O)[C@@H](O)[C@@H]1O. The minimum absolute atomic E-state index is 0.0147. The molecular weight excluding hydrogens is 694 g/mol. The lowest BCUT2D eigenvalue weighted by molar-refractivity contribution is -0.292. The van der Waals surface area contributed by atoms with Crippen molar-refractivity contribution in [3.8, 4) is 0 Å². The van der Waals surface area contributed by atoms with Crippen molar-refractivity contribution in [1.82, 2.24) is 26.2 Å². The van der Waals surface area contributed by atoms with Crippen LogP contribution < -0.4 is 21.3 Å².